The predicted octanol–water partition coefficient (Wildman–Crippen LogP) is 2.33. The molecule has 19 heavy (non-hydrogen) atoms. The summed E-state index contributed by atoms with van der Waals surface area (Å²) in [5.41, 5.74) is 2.79. The molecule has 0 atom stereocenters. The molecule has 0 spiro atoms. The molecule has 0 aliphatic rings. The molecule has 0 aliphatic heterocycles. The summed E-state index contributed by atoms with van der Waals surface area (Å²) in [5, 5.41) is 12.4. The number of benzene rings is 1. The van der Waals surface area contributed by atoms with E-state index in [9.17, 15) is 9.90 Å². The van der Waals surface area contributed by atoms with E-state index < -0.39 is 0 Å². The van der Waals surface area contributed by atoms with Crippen LogP contribution >= 0.6 is 0 Å². The summed E-state index contributed by atoms with van der Waals surface area (Å²) < 4.78 is 0. The summed E-state index contributed by atoms with van der Waals surface area (Å²) >= 11 is 0. The van der Waals surface area contributed by atoms with Crippen LogP contribution in [0.4, 0.5) is 0 Å². The highest BCUT2D eigenvalue weighted by atomic mass is 16.3. The summed E-state index contributed by atoms with van der Waals surface area (Å²) in [6.45, 7) is 4.00. The van der Waals surface area contributed by atoms with E-state index in [1.165, 1.54) is 0 Å². The number of aryl methyl sites for hydroxylation is 1. The summed E-state index contributed by atoms with van der Waals surface area (Å²) in [7, 11) is 0. The summed E-state index contributed by atoms with van der Waals surface area (Å²) in [6, 6.07) is 10.6. The maximum atomic E-state index is 12.0. The fourth-order valence-corrected chi connectivity index (χ4v) is 1.83. The van der Waals surface area contributed by atoms with Crippen LogP contribution in [0.5, 0.6) is 5.75 Å². The first-order valence-electron chi connectivity index (χ1n) is 6.07. The van der Waals surface area contributed by atoms with Gasteiger partial charge < -0.3 is 10.4 Å². The van der Waals surface area contributed by atoms with E-state index in [2.05, 4.69) is 10.3 Å². The Balaban J connectivity index is 2.08. The van der Waals surface area contributed by atoms with Crippen molar-refractivity contribution in [3.63, 3.8) is 0 Å². The molecular weight excluding hydrogens is 240 g/mol. The maximum absolute atomic E-state index is 12.0. The topological polar surface area (TPSA) is 62.2 Å². The van der Waals surface area contributed by atoms with E-state index in [-0.39, 0.29) is 11.7 Å². The molecule has 1 aromatic heterocycles. The lowest BCUT2D eigenvalue weighted by molar-refractivity contribution is 0.0949. The first kappa shape index (κ1) is 13.1. The molecule has 1 amide bonds. The van der Waals surface area contributed by atoms with Crippen molar-refractivity contribution in [2.75, 3.05) is 0 Å². The Hall–Kier alpha value is -2.36. The van der Waals surface area contributed by atoms with Gasteiger partial charge in [-0.25, -0.2) is 0 Å². The molecule has 2 N–H and O–H groups in total. The first-order chi connectivity index (χ1) is 9.08. The summed E-state index contributed by atoms with van der Waals surface area (Å²) in [4.78, 5) is 16.3. The van der Waals surface area contributed by atoms with Gasteiger partial charge in [0.1, 0.15) is 5.75 Å². The number of rotatable bonds is 3. The second-order valence-electron chi connectivity index (χ2n) is 4.40. The smallest absolute Gasteiger partial charge is 0.252 e. The fourth-order valence-electron chi connectivity index (χ4n) is 1.83. The second-order valence-corrected chi connectivity index (χ2v) is 4.40. The number of carbonyl (C=O) groups excluding carboxylic acids is 1. The molecule has 0 fully saturated rings. The van der Waals surface area contributed by atoms with Crippen LogP contribution in [0.15, 0.2) is 36.4 Å². The number of nitrogens with one attached hydrogen (secondary N) is 1. The fraction of sp³-hybridized carbons (Fsp3) is 0.200. The van der Waals surface area contributed by atoms with Gasteiger partial charge in [-0.3, -0.25) is 9.78 Å². The minimum absolute atomic E-state index is 0.126. The van der Waals surface area contributed by atoms with Gasteiger partial charge in [0.15, 0.2) is 0 Å². The zero-order valence-corrected chi connectivity index (χ0v) is 11.0. The third-order valence-electron chi connectivity index (χ3n) is 2.93. The third-order valence-corrected chi connectivity index (χ3v) is 2.93. The lowest BCUT2D eigenvalue weighted by atomic mass is 10.1. The van der Waals surface area contributed by atoms with Gasteiger partial charge in [0, 0.05) is 16.8 Å². The minimum atomic E-state index is -0.211. The Morgan fingerprint density at radius 1 is 1.21 bits per heavy atom. The van der Waals surface area contributed by atoms with Gasteiger partial charge in [-0.15, -0.1) is 0 Å². The molecule has 0 aliphatic carbocycles. The molecule has 4 heteroatoms. The van der Waals surface area contributed by atoms with Crippen molar-refractivity contribution in [3.05, 3.63) is 58.9 Å². The van der Waals surface area contributed by atoms with Gasteiger partial charge in [0.25, 0.3) is 5.91 Å². The van der Waals surface area contributed by atoms with Gasteiger partial charge in [0.05, 0.1) is 12.2 Å². The molecule has 0 unspecified atom stereocenters. The quantitative estimate of drug-likeness (QED) is 0.886. The average molecular weight is 256 g/mol. The van der Waals surface area contributed by atoms with Crippen LogP contribution < -0.4 is 5.32 Å². The zero-order valence-electron chi connectivity index (χ0n) is 11.0. The van der Waals surface area contributed by atoms with Crippen LogP contribution in [-0.2, 0) is 6.54 Å². The Labute approximate surface area is 112 Å². The van der Waals surface area contributed by atoms with Crippen molar-refractivity contribution in [3.8, 4) is 5.75 Å². The van der Waals surface area contributed by atoms with E-state index in [0.717, 1.165) is 11.4 Å². The first-order valence-corrected chi connectivity index (χ1v) is 6.07. The van der Waals surface area contributed by atoms with Crippen molar-refractivity contribution >= 4 is 5.91 Å². The predicted molar refractivity (Wildman–Crippen MR) is 73.0 cm³/mol. The van der Waals surface area contributed by atoms with Crippen LogP contribution in [0.1, 0.15) is 27.3 Å². The maximum Gasteiger partial charge on any atom is 0.252 e. The van der Waals surface area contributed by atoms with Crippen molar-refractivity contribution in [2.45, 2.75) is 20.4 Å². The number of phenols is 1. The average Bonchev–Trinajstić information content (AvgIpc) is 2.39. The SMILES string of the molecule is Cc1cccc(CNC(=O)c2cccc(O)c2C)n1. The monoisotopic (exact) mass is 256 g/mol. The van der Waals surface area contributed by atoms with E-state index in [4.69, 9.17) is 0 Å². The largest absolute Gasteiger partial charge is 0.508 e. The number of hydrogen-bond acceptors (Lipinski definition) is 3. The number of pyridine rings is 1. The summed E-state index contributed by atoms with van der Waals surface area (Å²) in [6.07, 6.45) is 0. The van der Waals surface area contributed by atoms with E-state index in [1.807, 2.05) is 25.1 Å². The molecule has 1 aromatic carbocycles. The number of aromatic nitrogens is 1. The van der Waals surface area contributed by atoms with Crippen LogP contribution in [-0.4, -0.2) is 16.0 Å². The van der Waals surface area contributed by atoms with Crippen LogP contribution in [0.3, 0.4) is 0 Å². The number of hydrogen-bond donors (Lipinski definition) is 2. The molecule has 2 rings (SSSR count). The van der Waals surface area contributed by atoms with E-state index in [1.54, 1.807) is 25.1 Å². The molecule has 0 radical (unpaired) electrons. The van der Waals surface area contributed by atoms with Crippen molar-refractivity contribution < 1.29 is 9.90 Å². The van der Waals surface area contributed by atoms with Gasteiger partial charge in [-0.2, -0.15) is 0 Å². The third kappa shape index (κ3) is 3.10. The Bertz CT molecular complexity index is 609. The molecule has 1 heterocycles. The molecule has 0 bridgehead atoms. The van der Waals surface area contributed by atoms with E-state index in [0.29, 0.717) is 17.7 Å². The molecular formula is C15H16N2O2. The lowest BCUT2D eigenvalue weighted by Crippen LogP contribution is -2.24. The number of aromatic hydroxyl groups is 1. The Morgan fingerprint density at radius 3 is 2.68 bits per heavy atom. The molecule has 0 saturated carbocycles. The van der Waals surface area contributed by atoms with Crippen LogP contribution in [0, 0.1) is 13.8 Å². The van der Waals surface area contributed by atoms with Crippen LogP contribution in [0.2, 0.25) is 0 Å². The highest BCUT2D eigenvalue weighted by Crippen LogP contribution is 2.19. The number of amides is 1. The highest BCUT2D eigenvalue weighted by molar-refractivity contribution is 5.96. The number of phenolic OH excluding ortho intramolecular Hbond substituents is 1. The number of carbonyl (C=O) groups is 1. The highest BCUT2D eigenvalue weighted by Gasteiger charge is 2.10. The molecule has 0 saturated heterocycles. The Morgan fingerprint density at radius 2 is 1.95 bits per heavy atom. The normalized spacial score (nSPS) is 10.2. The second kappa shape index (κ2) is 5.52. The van der Waals surface area contributed by atoms with Gasteiger partial charge in [-0.05, 0) is 38.1 Å². The van der Waals surface area contributed by atoms with Gasteiger partial charge in [0.2, 0.25) is 0 Å². The minimum Gasteiger partial charge on any atom is -0.508 e. The van der Waals surface area contributed by atoms with Crippen molar-refractivity contribution in [2.24, 2.45) is 0 Å². The van der Waals surface area contributed by atoms with E-state index >= 15 is 0 Å². The van der Waals surface area contributed by atoms with Gasteiger partial charge >= 0.3 is 0 Å². The molecule has 98 valence electrons. The Kier molecular flexibility index (Phi) is 3.80. The van der Waals surface area contributed by atoms with Crippen molar-refractivity contribution in [1.29, 1.82) is 0 Å². The number of nitrogens with zero attached hydrogens (tertiary/aromatic N) is 1. The van der Waals surface area contributed by atoms with Gasteiger partial charge in [-0.1, -0.05) is 12.1 Å². The lowest BCUT2D eigenvalue weighted by Gasteiger charge is -2.08. The summed E-state index contributed by atoms with van der Waals surface area (Å²) in [5.74, 6) is -0.0852. The zero-order chi connectivity index (χ0) is 13.8. The van der Waals surface area contributed by atoms with Crippen molar-refractivity contribution in [1.82, 2.24) is 10.3 Å². The van der Waals surface area contributed by atoms with Crippen LogP contribution in [0.25, 0.3) is 0 Å². The molecule has 2 aromatic rings. The standard InChI is InChI=1S/C15H16N2O2/c1-10-5-3-6-12(17-10)9-16-15(19)13-7-4-8-14(18)11(13)2/h3-8,18H,9H2,1-2H3,(H,16,19). The molecule has 4 nitrogen and oxygen atoms in total.